The van der Waals surface area contributed by atoms with E-state index in [1.165, 1.54) is 30.5 Å². The maximum atomic E-state index is 14.1. The summed E-state index contributed by atoms with van der Waals surface area (Å²) < 4.78 is 49.1. The first kappa shape index (κ1) is 24.1. The average molecular weight is 511 g/mol. The van der Waals surface area contributed by atoms with E-state index >= 15 is 0 Å². The average Bonchev–Trinajstić information content (AvgIpc) is 3.39. The highest BCUT2D eigenvalue weighted by Gasteiger charge is 2.34. The third kappa shape index (κ3) is 4.60. The van der Waals surface area contributed by atoms with Gasteiger partial charge < -0.3 is 9.64 Å². The number of ether oxygens (including phenoxy) is 1. The largest absolute Gasteiger partial charge is 0.444 e. The van der Waals surface area contributed by atoms with Gasteiger partial charge in [-0.15, -0.1) is 0 Å². The molecule has 188 valence electrons. The van der Waals surface area contributed by atoms with Crippen LogP contribution in [-0.2, 0) is 21.3 Å². The Balaban J connectivity index is 1.39. The lowest BCUT2D eigenvalue weighted by atomic mass is 10.0. The number of benzene rings is 2. The quantitative estimate of drug-likeness (QED) is 0.387. The minimum atomic E-state index is -3.93. The van der Waals surface area contributed by atoms with Crippen LogP contribution in [0.25, 0.3) is 22.0 Å². The van der Waals surface area contributed by atoms with Crippen molar-refractivity contribution in [2.75, 3.05) is 13.1 Å². The van der Waals surface area contributed by atoms with Gasteiger partial charge in [-0.05, 0) is 51.1 Å². The first-order valence-electron chi connectivity index (χ1n) is 11.6. The van der Waals surface area contributed by atoms with Crippen LogP contribution in [0.5, 0.6) is 0 Å². The fourth-order valence-corrected chi connectivity index (χ4v) is 5.72. The van der Waals surface area contributed by atoms with Gasteiger partial charge in [0.25, 0.3) is 10.0 Å². The highest BCUT2D eigenvalue weighted by Crippen LogP contribution is 2.33. The van der Waals surface area contributed by atoms with Crippen molar-refractivity contribution in [3.05, 3.63) is 72.9 Å². The summed E-state index contributed by atoms with van der Waals surface area (Å²) in [6.07, 6.45) is 4.70. The van der Waals surface area contributed by atoms with E-state index in [2.05, 4.69) is 5.10 Å². The SMILES string of the molecule is CC(C)(C)OC(=O)N1CC(Cn2cc(-c3cn(S(=O)(=O)c4ccccc4)c4cc(F)ccc34)cn2)C1. The summed E-state index contributed by atoms with van der Waals surface area (Å²) in [7, 11) is -3.93. The molecule has 4 aromatic rings. The first-order chi connectivity index (χ1) is 17.0. The minimum absolute atomic E-state index is 0.118. The number of hydrogen-bond donors (Lipinski definition) is 0. The van der Waals surface area contributed by atoms with Crippen LogP contribution in [0.15, 0.2) is 72.0 Å². The maximum absolute atomic E-state index is 14.1. The smallest absolute Gasteiger partial charge is 0.410 e. The van der Waals surface area contributed by atoms with Crippen LogP contribution in [0.2, 0.25) is 0 Å². The molecular weight excluding hydrogens is 483 g/mol. The Labute approximate surface area is 208 Å². The van der Waals surface area contributed by atoms with Gasteiger partial charge in [0.1, 0.15) is 11.4 Å². The number of rotatable bonds is 5. The Morgan fingerprint density at radius 1 is 1.11 bits per heavy atom. The highest BCUT2D eigenvalue weighted by atomic mass is 32.2. The molecular formula is C26H27FN4O4S. The van der Waals surface area contributed by atoms with Crippen molar-refractivity contribution in [3.63, 3.8) is 0 Å². The van der Waals surface area contributed by atoms with E-state index in [9.17, 15) is 17.6 Å². The molecule has 0 radical (unpaired) electrons. The van der Waals surface area contributed by atoms with Crippen molar-refractivity contribution >= 4 is 27.0 Å². The zero-order valence-electron chi connectivity index (χ0n) is 20.3. The standard InChI is InChI=1S/C26H27FN4O4S/c1-26(2,3)35-25(32)29-13-18(14-29)15-30-16-19(12-28-30)23-17-31(24-11-20(27)9-10-22(23)24)36(33,34)21-7-5-4-6-8-21/h4-12,16-18H,13-15H2,1-3H3. The summed E-state index contributed by atoms with van der Waals surface area (Å²) in [6, 6.07) is 12.2. The van der Waals surface area contributed by atoms with Crippen molar-refractivity contribution in [2.45, 2.75) is 37.8 Å². The van der Waals surface area contributed by atoms with Gasteiger partial charge in [-0.1, -0.05) is 18.2 Å². The predicted octanol–water partition coefficient (Wildman–Crippen LogP) is 4.75. The molecule has 0 bridgehead atoms. The van der Waals surface area contributed by atoms with Crippen LogP contribution in [0, 0.1) is 11.7 Å². The number of aromatic nitrogens is 3. The normalized spacial score (nSPS) is 14.7. The number of fused-ring (bicyclic) bond motifs is 1. The summed E-state index contributed by atoms with van der Waals surface area (Å²) in [5, 5.41) is 5.05. The van der Waals surface area contributed by atoms with Crippen LogP contribution in [0.1, 0.15) is 20.8 Å². The van der Waals surface area contributed by atoms with Crippen molar-refractivity contribution in [2.24, 2.45) is 5.92 Å². The summed E-state index contributed by atoms with van der Waals surface area (Å²) in [4.78, 5) is 13.9. The molecule has 1 amide bonds. The van der Waals surface area contributed by atoms with E-state index < -0.39 is 21.4 Å². The molecule has 0 aliphatic carbocycles. The number of carbonyl (C=O) groups excluding carboxylic acids is 1. The van der Waals surface area contributed by atoms with Gasteiger partial charge >= 0.3 is 6.09 Å². The number of hydrogen-bond acceptors (Lipinski definition) is 5. The maximum Gasteiger partial charge on any atom is 0.410 e. The zero-order chi connectivity index (χ0) is 25.7. The monoisotopic (exact) mass is 510 g/mol. The fourth-order valence-electron chi connectivity index (χ4n) is 4.33. The molecule has 1 aliphatic rings. The van der Waals surface area contributed by atoms with Crippen LogP contribution in [-0.4, -0.2) is 51.9 Å². The topological polar surface area (TPSA) is 86.4 Å². The molecule has 0 unspecified atom stereocenters. The summed E-state index contributed by atoms with van der Waals surface area (Å²) in [5.41, 5.74) is 1.08. The van der Waals surface area contributed by atoms with Gasteiger partial charge in [0, 0.05) is 54.5 Å². The molecule has 1 aliphatic heterocycles. The summed E-state index contributed by atoms with van der Waals surface area (Å²) in [6.45, 7) is 7.28. The van der Waals surface area contributed by atoms with Crippen molar-refractivity contribution < 1.29 is 22.3 Å². The third-order valence-electron chi connectivity index (χ3n) is 6.03. The molecule has 2 aromatic carbocycles. The number of likely N-dealkylation sites (tertiary alicyclic amines) is 1. The summed E-state index contributed by atoms with van der Waals surface area (Å²) >= 11 is 0. The second-order valence-corrected chi connectivity index (χ2v) is 11.8. The molecule has 10 heteroatoms. The number of amides is 1. The van der Waals surface area contributed by atoms with Crippen LogP contribution >= 0.6 is 0 Å². The molecule has 0 N–H and O–H groups in total. The number of halogens is 1. The van der Waals surface area contributed by atoms with Crippen molar-refractivity contribution in [1.82, 2.24) is 18.7 Å². The Hall–Kier alpha value is -3.66. The Bertz CT molecular complexity index is 1530. The van der Waals surface area contributed by atoms with E-state index in [4.69, 9.17) is 4.74 Å². The lowest BCUT2D eigenvalue weighted by Gasteiger charge is -2.39. The molecule has 8 nitrogen and oxygen atoms in total. The molecule has 3 heterocycles. The van der Waals surface area contributed by atoms with Gasteiger partial charge in [-0.25, -0.2) is 21.6 Å². The highest BCUT2D eigenvalue weighted by molar-refractivity contribution is 7.90. The number of nitrogens with zero attached hydrogens (tertiary/aromatic N) is 4. The Morgan fingerprint density at radius 3 is 2.53 bits per heavy atom. The lowest BCUT2D eigenvalue weighted by molar-refractivity contribution is -0.00383. The van der Waals surface area contributed by atoms with Gasteiger partial charge in [0.15, 0.2) is 0 Å². The van der Waals surface area contributed by atoms with E-state index in [1.807, 2.05) is 27.0 Å². The predicted molar refractivity (Wildman–Crippen MR) is 133 cm³/mol. The number of carbonyl (C=O) groups is 1. The van der Waals surface area contributed by atoms with Crippen molar-refractivity contribution in [1.29, 1.82) is 0 Å². The molecule has 1 fully saturated rings. The van der Waals surface area contributed by atoms with Gasteiger partial charge in [-0.2, -0.15) is 5.10 Å². The second kappa shape index (κ2) is 8.77. The molecule has 36 heavy (non-hydrogen) atoms. The first-order valence-corrected chi connectivity index (χ1v) is 13.1. The Kier molecular flexibility index (Phi) is 5.86. The lowest BCUT2D eigenvalue weighted by Crippen LogP contribution is -2.52. The molecule has 2 aromatic heterocycles. The fraction of sp³-hybridized carbons (Fsp3) is 0.308. The van der Waals surface area contributed by atoms with Crippen molar-refractivity contribution in [3.8, 4) is 11.1 Å². The van der Waals surface area contributed by atoms with E-state index in [0.29, 0.717) is 30.6 Å². The van der Waals surface area contributed by atoms with E-state index in [0.717, 1.165) is 9.54 Å². The third-order valence-corrected chi connectivity index (χ3v) is 7.72. The van der Waals surface area contributed by atoms with Gasteiger partial charge in [0.2, 0.25) is 0 Å². The van der Waals surface area contributed by atoms with Crippen LogP contribution in [0.4, 0.5) is 9.18 Å². The van der Waals surface area contributed by atoms with Crippen LogP contribution < -0.4 is 0 Å². The van der Waals surface area contributed by atoms with Gasteiger partial charge in [0.05, 0.1) is 16.6 Å². The molecule has 1 saturated heterocycles. The second-order valence-electron chi connectivity index (χ2n) is 10.0. The van der Waals surface area contributed by atoms with Gasteiger partial charge in [-0.3, -0.25) is 4.68 Å². The zero-order valence-corrected chi connectivity index (χ0v) is 21.1. The molecule has 5 rings (SSSR count). The molecule has 0 saturated carbocycles. The van der Waals surface area contributed by atoms with E-state index in [-0.39, 0.29) is 22.4 Å². The molecule has 0 atom stereocenters. The molecule has 0 spiro atoms. The minimum Gasteiger partial charge on any atom is -0.444 e. The summed E-state index contributed by atoms with van der Waals surface area (Å²) in [5.74, 6) is -0.286. The van der Waals surface area contributed by atoms with E-state index in [1.54, 1.807) is 40.0 Å². The van der Waals surface area contributed by atoms with Crippen LogP contribution in [0.3, 0.4) is 0 Å². The Morgan fingerprint density at radius 2 is 1.83 bits per heavy atom.